The number of amides is 1. The van der Waals surface area contributed by atoms with E-state index in [1.54, 1.807) is 25.3 Å². The van der Waals surface area contributed by atoms with E-state index in [1.807, 2.05) is 0 Å². The molecule has 0 spiro atoms. The predicted molar refractivity (Wildman–Crippen MR) is 117 cm³/mol. The average Bonchev–Trinajstić information content (AvgIpc) is 3.12. The number of hydrogen-bond acceptors (Lipinski definition) is 6. The number of fused-ring (bicyclic) bond motifs is 3. The summed E-state index contributed by atoms with van der Waals surface area (Å²) in [6.07, 6.45) is 3.93. The Bertz CT molecular complexity index is 1140. The number of thiophene rings is 1. The number of aromatic nitrogens is 2. The number of hydrogen-bond donors (Lipinski definition) is 1. The summed E-state index contributed by atoms with van der Waals surface area (Å²) in [6, 6.07) is 6.15. The minimum absolute atomic E-state index is 0.0706. The van der Waals surface area contributed by atoms with Gasteiger partial charge in [0.1, 0.15) is 10.6 Å². The number of aryl methyl sites for hydroxylation is 2. The monoisotopic (exact) mass is 447 g/mol. The van der Waals surface area contributed by atoms with Crippen LogP contribution in [0.2, 0.25) is 0 Å². The molecular formula is C21H22FN3O3S2. The van der Waals surface area contributed by atoms with Gasteiger partial charge in [0, 0.05) is 18.5 Å². The minimum Gasteiger partial charge on any atom is -0.383 e. The van der Waals surface area contributed by atoms with Gasteiger partial charge in [0.15, 0.2) is 5.16 Å². The maximum atomic E-state index is 14.6. The van der Waals surface area contributed by atoms with Gasteiger partial charge in [-0.05, 0) is 43.4 Å². The van der Waals surface area contributed by atoms with Crippen LogP contribution in [0.1, 0.15) is 23.3 Å². The van der Waals surface area contributed by atoms with Crippen molar-refractivity contribution in [2.24, 2.45) is 0 Å². The fourth-order valence-corrected chi connectivity index (χ4v) is 5.74. The van der Waals surface area contributed by atoms with E-state index >= 15 is 0 Å². The molecule has 6 nitrogen and oxygen atoms in total. The molecule has 0 saturated heterocycles. The van der Waals surface area contributed by atoms with Gasteiger partial charge in [0.25, 0.3) is 5.56 Å². The Morgan fingerprint density at radius 1 is 1.33 bits per heavy atom. The highest BCUT2D eigenvalue weighted by atomic mass is 32.2. The number of ether oxygens (including phenoxy) is 1. The van der Waals surface area contributed by atoms with E-state index in [0.29, 0.717) is 28.5 Å². The zero-order valence-corrected chi connectivity index (χ0v) is 18.2. The molecule has 158 valence electrons. The first kappa shape index (κ1) is 21.0. The predicted octanol–water partition coefficient (Wildman–Crippen LogP) is 3.32. The first-order chi connectivity index (χ1) is 14.6. The third kappa shape index (κ3) is 4.14. The molecule has 0 unspecified atom stereocenters. The van der Waals surface area contributed by atoms with Crippen molar-refractivity contribution < 1.29 is 13.9 Å². The number of nitrogens with zero attached hydrogens (tertiary/aromatic N) is 2. The van der Waals surface area contributed by atoms with E-state index in [-0.39, 0.29) is 22.9 Å². The van der Waals surface area contributed by atoms with Crippen LogP contribution in [-0.4, -0.2) is 41.5 Å². The van der Waals surface area contributed by atoms with Gasteiger partial charge in [0.2, 0.25) is 5.91 Å². The molecule has 1 amide bonds. The molecule has 0 bridgehead atoms. The Morgan fingerprint density at radius 3 is 2.93 bits per heavy atom. The number of halogens is 1. The molecular weight excluding hydrogens is 425 g/mol. The van der Waals surface area contributed by atoms with E-state index in [9.17, 15) is 14.0 Å². The number of carbonyl (C=O) groups excluding carboxylic acids is 1. The molecule has 30 heavy (non-hydrogen) atoms. The van der Waals surface area contributed by atoms with Gasteiger partial charge in [-0.2, -0.15) is 0 Å². The highest BCUT2D eigenvalue weighted by molar-refractivity contribution is 7.99. The maximum Gasteiger partial charge on any atom is 0.267 e. The van der Waals surface area contributed by atoms with Gasteiger partial charge in [-0.1, -0.05) is 23.9 Å². The van der Waals surface area contributed by atoms with Crippen molar-refractivity contribution in [3.63, 3.8) is 0 Å². The molecule has 9 heteroatoms. The molecule has 0 fully saturated rings. The molecule has 0 radical (unpaired) electrons. The summed E-state index contributed by atoms with van der Waals surface area (Å²) >= 11 is 2.67. The zero-order valence-electron chi connectivity index (χ0n) is 16.6. The smallest absolute Gasteiger partial charge is 0.267 e. The van der Waals surface area contributed by atoms with Gasteiger partial charge >= 0.3 is 0 Å². The summed E-state index contributed by atoms with van der Waals surface area (Å²) in [5.41, 5.74) is 0.930. The lowest BCUT2D eigenvalue weighted by Gasteiger charge is -2.14. The molecule has 0 saturated carbocycles. The quantitative estimate of drug-likeness (QED) is 0.342. The lowest BCUT2D eigenvalue weighted by molar-refractivity contribution is -0.118. The van der Waals surface area contributed by atoms with E-state index in [2.05, 4.69) is 5.32 Å². The number of methoxy groups -OCH3 is 1. The van der Waals surface area contributed by atoms with E-state index in [1.165, 1.54) is 26.8 Å². The third-order valence-corrected chi connectivity index (χ3v) is 7.14. The average molecular weight is 448 g/mol. The summed E-state index contributed by atoms with van der Waals surface area (Å²) in [5, 5.41) is 3.65. The molecule has 1 aromatic carbocycles. The van der Waals surface area contributed by atoms with Crippen molar-refractivity contribution in [1.82, 2.24) is 14.9 Å². The number of nitrogens with one attached hydrogen (secondary N) is 1. The number of carbonyl (C=O) groups is 1. The molecule has 4 rings (SSSR count). The SMILES string of the molecule is COCCNC(=O)CSc1nc2sc3c(c2c(=O)n1-c1ccccc1F)CCCC3. The highest BCUT2D eigenvalue weighted by Gasteiger charge is 2.24. The van der Waals surface area contributed by atoms with Crippen LogP contribution in [0.25, 0.3) is 15.9 Å². The summed E-state index contributed by atoms with van der Waals surface area (Å²) in [7, 11) is 1.56. The molecule has 0 atom stereocenters. The largest absolute Gasteiger partial charge is 0.383 e. The topological polar surface area (TPSA) is 73.2 Å². The van der Waals surface area contributed by atoms with Gasteiger partial charge in [0.05, 0.1) is 23.4 Å². The Balaban J connectivity index is 1.78. The second-order valence-electron chi connectivity index (χ2n) is 7.01. The Morgan fingerprint density at radius 2 is 2.13 bits per heavy atom. The van der Waals surface area contributed by atoms with E-state index in [4.69, 9.17) is 9.72 Å². The van der Waals surface area contributed by atoms with Crippen molar-refractivity contribution >= 4 is 39.2 Å². The van der Waals surface area contributed by atoms with Crippen LogP contribution in [0.4, 0.5) is 4.39 Å². The number of benzene rings is 1. The maximum absolute atomic E-state index is 14.6. The third-order valence-electron chi connectivity index (χ3n) is 5.01. The second kappa shape index (κ2) is 9.28. The molecule has 1 aliphatic rings. The summed E-state index contributed by atoms with van der Waals surface area (Å²) in [4.78, 5) is 32.2. The molecule has 2 heterocycles. The van der Waals surface area contributed by atoms with Gasteiger partial charge in [-0.25, -0.2) is 9.37 Å². The minimum atomic E-state index is -0.503. The summed E-state index contributed by atoms with van der Waals surface area (Å²) < 4.78 is 20.9. The Hall–Kier alpha value is -2.23. The Kier molecular flexibility index (Phi) is 6.50. The lowest BCUT2D eigenvalue weighted by atomic mass is 9.97. The van der Waals surface area contributed by atoms with Crippen molar-refractivity contribution in [3.8, 4) is 5.69 Å². The summed E-state index contributed by atoms with van der Waals surface area (Å²) in [5.74, 6) is -0.630. The summed E-state index contributed by atoms with van der Waals surface area (Å²) in [6.45, 7) is 0.821. The van der Waals surface area contributed by atoms with Crippen molar-refractivity contribution in [2.45, 2.75) is 30.8 Å². The molecule has 1 aliphatic carbocycles. The van der Waals surface area contributed by atoms with E-state index in [0.717, 1.165) is 43.0 Å². The van der Waals surface area contributed by atoms with Crippen molar-refractivity contribution in [1.29, 1.82) is 0 Å². The second-order valence-corrected chi connectivity index (χ2v) is 9.03. The number of para-hydroxylation sites is 1. The highest BCUT2D eigenvalue weighted by Crippen LogP contribution is 2.35. The van der Waals surface area contributed by atoms with Crippen LogP contribution < -0.4 is 10.9 Å². The van der Waals surface area contributed by atoms with E-state index < -0.39 is 5.82 Å². The van der Waals surface area contributed by atoms with Crippen LogP contribution in [0.5, 0.6) is 0 Å². The molecule has 3 aromatic rings. The van der Waals surface area contributed by atoms with Crippen LogP contribution in [0.15, 0.2) is 34.2 Å². The molecule has 1 N–H and O–H groups in total. The first-order valence-corrected chi connectivity index (χ1v) is 11.6. The molecule has 2 aromatic heterocycles. The molecule has 0 aliphatic heterocycles. The fourth-order valence-electron chi connectivity index (χ4n) is 3.60. The number of rotatable bonds is 7. The number of thioether (sulfide) groups is 1. The van der Waals surface area contributed by atoms with Crippen molar-refractivity contribution in [2.75, 3.05) is 26.0 Å². The lowest BCUT2D eigenvalue weighted by Crippen LogP contribution is -2.29. The van der Waals surface area contributed by atoms with Crippen LogP contribution in [0.3, 0.4) is 0 Å². The fraction of sp³-hybridized carbons (Fsp3) is 0.381. The van der Waals surface area contributed by atoms with Crippen molar-refractivity contribution in [3.05, 3.63) is 50.9 Å². The first-order valence-electron chi connectivity index (χ1n) is 9.80. The van der Waals surface area contributed by atoms with Crippen LogP contribution >= 0.6 is 23.1 Å². The van der Waals surface area contributed by atoms with Gasteiger partial charge in [-0.3, -0.25) is 14.2 Å². The standard InChI is InChI=1S/C21H22FN3O3S2/c1-28-11-10-23-17(26)12-29-21-24-19-18(13-6-2-5-9-16(13)30-19)20(27)25(21)15-8-4-3-7-14(15)22/h3-4,7-8H,2,5-6,9-12H2,1H3,(H,23,26). The van der Waals surface area contributed by atoms with Crippen LogP contribution in [0, 0.1) is 5.82 Å². The van der Waals surface area contributed by atoms with Gasteiger partial charge < -0.3 is 10.1 Å². The normalized spacial score (nSPS) is 13.4. The van der Waals surface area contributed by atoms with Gasteiger partial charge in [-0.15, -0.1) is 11.3 Å². The zero-order chi connectivity index (χ0) is 21.1. The van der Waals surface area contributed by atoms with Crippen LogP contribution in [-0.2, 0) is 22.4 Å². The Labute approximate surface area is 181 Å².